The monoisotopic (exact) mass is 243 g/mol. The number of hydrogen-bond donors (Lipinski definition) is 1. The predicted molar refractivity (Wildman–Crippen MR) is 76.9 cm³/mol. The Morgan fingerprint density at radius 3 is 2.78 bits per heavy atom. The first-order valence-corrected chi connectivity index (χ1v) is 7.62. The van der Waals surface area contributed by atoms with Gasteiger partial charge in [-0.05, 0) is 62.1 Å². The molecule has 0 spiro atoms. The molecule has 18 heavy (non-hydrogen) atoms. The maximum atomic E-state index is 3.55. The van der Waals surface area contributed by atoms with Crippen molar-refractivity contribution in [2.45, 2.75) is 56.9 Å². The lowest BCUT2D eigenvalue weighted by molar-refractivity contribution is 0.399. The summed E-state index contributed by atoms with van der Waals surface area (Å²) in [7, 11) is 2.14. The SMILES string of the molecule is CNC(CC1CC1)CC1CCCc2ccccc21. The van der Waals surface area contributed by atoms with Crippen LogP contribution in [0.5, 0.6) is 0 Å². The number of benzene rings is 1. The molecule has 2 atom stereocenters. The summed E-state index contributed by atoms with van der Waals surface area (Å²) in [6, 6.07) is 9.83. The van der Waals surface area contributed by atoms with Gasteiger partial charge < -0.3 is 5.32 Å². The van der Waals surface area contributed by atoms with Gasteiger partial charge in [0.25, 0.3) is 0 Å². The first-order chi connectivity index (χ1) is 8.86. The van der Waals surface area contributed by atoms with E-state index in [0.29, 0.717) is 0 Å². The Morgan fingerprint density at radius 2 is 2.00 bits per heavy atom. The number of hydrogen-bond acceptors (Lipinski definition) is 1. The average Bonchev–Trinajstić information content (AvgIpc) is 3.22. The zero-order valence-electron chi connectivity index (χ0n) is 11.5. The molecule has 2 aliphatic rings. The largest absolute Gasteiger partial charge is 0.317 e. The molecule has 0 heterocycles. The summed E-state index contributed by atoms with van der Waals surface area (Å²) in [5.74, 6) is 1.83. The van der Waals surface area contributed by atoms with Crippen molar-refractivity contribution in [1.82, 2.24) is 5.32 Å². The lowest BCUT2D eigenvalue weighted by Crippen LogP contribution is -2.29. The number of rotatable bonds is 5. The summed E-state index contributed by atoms with van der Waals surface area (Å²) in [4.78, 5) is 0. The van der Waals surface area contributed by atoms with Crippen molar-refractivity contribution in [3.05, 3.63) is 35.4 Å². The minimum absolute atomic E-state index is 0.730. The van der Waals surface area contributed by atoms with Gasteiger partial charge in [-0.15, -0.1) is 0 Å². The van der Waals surface area contributed by atoms with Gasteiger partial charge in [-0.2, -0.15) is 0 Å². The van der Waals surface area contributed by atoms with Gasteiger partial charge in [-0.3, -0.25) is 0 Å². The van der Waals surface area contributed by atoms with Crippen molar-refractivity contribution in [1.29, 1.82) is 0 Å². The van der Waals surface area contributed by atoms with Crippen LogP contribution in [0.1, 0.15) is 55.6 Å². The topological polar surface area (TPSA) is 12.0 Å². The fourth-order valence-electron chi connectivity index (χ4n) is 3.53. The van der Waals surface area contributed by atoms with Crippen LogP contribution in [0.25, 0.3) is 0 Å². The molecule has 0 radical (unpaired) electrons. The Labute approximate surface area is 111 Å². The highest BCUT2D eigenvalue weighted by atomic mass is 14.9. The average molecular weight is 243 g/mol. The van der Waals surface area contributed by atoms with E-state index in [0.717, 1.165) is 17.9 Å². The highest BCUT2D eigenvalue weighted by Gasteiger charge is 2.28. The standard InChI is InChI=1S/C17H25N/c1-18-16(11-13-9-10-13)12-15-7-4-6-14-5-2-3-8-17(14)15/h2-3,5,8,13,15-16,18H,4,6-7,9-12H2,1H3. The summed E-state index contributed by atoms with van der Waals surface area (Å²) < 4.78 is 0. The molecule has 98 valence electrons. The fourth-order valence-corrected chi connectivity index (χ4v) is 3.53. The van der Waals surface area contributed by atoms with Crippen LogP contribution in [-0.4, -0.2) is 13.1 Å². The fraction of sp³-hybridized carbons (Fsp3) is 0.647. The Hall–Kier alpha value is -0.820. The summed E-state index contributed by atoms with van der Waals surface area (Å²) in [5.41, 5.74) is 3.25. The molecule has 1 aromatic carbocycles. The van der Waals surface area contributed by atoms with Crippen molar-refractivity contribution >= 4 is 0 Å². The van der Waals surface area contributed by atoms with E-state index in [1.165, 1.54) is 44.9 Å². The van der Waals surface area contributed by atoms with Crippen LogP contribution in [0.3, 0.4) is 0 Å². The van der Waals surface area contributed by atoms with Gasteiger partial charge in [0.15, 0.2) is 0 Å². The van der Waals surface area contributed by atoms with Gasteiger partial charge in [0.1, 0.15) is 0 Å². The summed E-state index contributed by atoms with van der Waals surface area (Å²) in [6.07, 6.45) is 9.74. The molecule has 1 aromatic rings. The molecular weight excluding hydrogens is 218 g/mol. The molecule has 0 amide bonds. The summed E-state index contributed by atoms with van der Waals surface area (Å²) >= 11 is 0. The van der Waals surface area contributed by atoms with Gasteiger partial charge in [0, 0.05) is 6.04 Å². The Morgan fingerprint density at radius 1 is 1.17 bits per heavy atom. The molecule has 1 heteroatoms. The van der Waals surface area contributed by atoms with E-state index in [-0.39, 0.29) is 0 Å². The summed E-state index contributed by atoms with van der Waals surface area (Å²) in [5, 5.41) is 3.55. The number of nitrogens with one attached hydrogen (secondary N) is 1. The van der Waals surface area contributed by atoms with E-state index in [1.807, 2.05) is 0 Å². The molecule has 2 aliphatic carbocycles. The molecule has 1 nitrogen and oxygen atoms in total. The lowest BCUT2D eigenvalue weighted by Gasteiger charge is -2.29. The van der Waals surface area contributed by atoms with Crippen molar-refractivity contribution in [2.24, 2.45) is 5.92 Å². The predicted octanol–water partition coefficient (Wildman–Crippen LogP) is 3.88. The molecular formula is C17H25N. The van der Waals surface area contributed by atoms with E-state index in [9.17, 15) is 0 Å². The van der Waals surface area contributed by atoms with Crippen LogP contribution >= 0.6 is 0 Å². The highest BCUT2D eigenvalue weighted by Crippen LogP contribution is 2.38. The Kier molecular flexibility index (Phi) is 3.69. The van der Waals surface area contributed by atoms with E-state index < -0.39 is 0 Å². The normalized spacial score (nSPS) is 24.6. The highest BCUT2D eigenvalue weighted by molar-refractivity contribution is 5.32. The van der Waals surface area contributed by atoms with Gasteiger partial charge in [0.2, 0.25) is 0 Å². The minimum atomic E-state index is 0.730. The second-order valence-electron chi connectivity index (χ2n) is 6.19. The van der Waals surface area contributed by atoms with Gasteiger partial charge in [-0.1, -0.05) is 37.1 Å². The van der Waals surface area contributed by atoms with Crippen LogP contribution in [0, 0.1) is 5.92 Å². The Balaban J connectivity index is 1.68. The van der Waals surface area contributed by atoms with Crippen molar-refractivity contribution < 1.29 is 0 Å². The van der Waals surface area contributed by atoms with Crippen LogP contribution in [0.2, 0.25) is 0 Å². The zero-order valence-corrected chi connectivity index (χ0v) is 11.5. The first-order valence-electron chi connectivity index (χ1n) is 7.62. The smallest absolute Gasteiger partial charge is 0.00725 e. The van der Waals surface area contributed by atoms with Crippen LogP contribution in [0.4, 0.5) is 0 Å². The molecule has 3 rings (SSSR count). The second-order valence-corrected chi connectivity index (χ2v) is 6.19. The second kappa shape index (κ2) is 5.44. The maximum absolute atomic E-state index is 3.55. The lowest BCUT2D eigenvalue weighted by atomic mass is 9.79. The quantitative estimate of drug-likeness (QED) is 0.827. The van der Waals surface area contributed by atoms with Crippen LogP contribution < -0.4 is 5.32 Å². The minimum Gasteiger partial charge on any atom is -0.317 e. The first kappa shape index (κ1) is 12.2. The van der Waals surface area contributed by atoms with E-state index >= 15 is 0 Å². The zero-order chi connectivity index (χ0) is 12.4. The molecule has 0 aliphatic heterocycles. The molecule has 0 bridgehead atoms. The van der Waals surface area contributed by atoms with Crippen molar-refractivity contribution in [3.8, 4) is 0 Å². The van der Waals surface area contributed by atoms with Crippen molar-refractivity contribution in [2.75, 3.05) is 7.05 Å². The van der Waals surface area contributed by atoms with Gasteiger partial charge in [-0.25, -0.2) is 0 Å². The number of fused-ring (bicyclic) bond motifs is 1. The maximum Gasteiger partial charge on any atom is 0.00725 e. The van der Waals surface area contributed by atoms with Gasteiger partial charge in [0.05, 0.1) is 0 Å². The third-order valence-corrected chi connectivity index (χ3v) is 4.79. The molecule has 2 unspecified atom stereocenters. The molecule has 0 saturated heterocycles. The Bertz CT molecular complexity index is 394. The summed E-state index contributed by atoms with van der Waals surface area (Å²) in [6.45, 7) is 0. The third-order valence-electron chi connectivity index (χ3n) is 4.79. The molecule has 1 fully saturated rings. The van der Waals surface area contributed by atoms with Crippen LogP contribution in [0.15, 0.2) is 24.3 Å². The number of aryl methyl sites for hydroxylation is 1. The molecule has 0 aromatic heterocycles. The third kappa shape index (κ3) is 2.77. The van der Waals surface area contributed by atoms with Crippen molar-refractivity contribution in [3.63, 3.8) is 0 Å². The van der Waals surface area contributed by atoms with Crippen LogP contribution in [-0.2, 0) is 6.42 Å². The van der Waals surface area contributed by atoms with Gasteiger partial charge >= 0.3 is 0 Å². The van der Waals surface area contributed by atoms with E-state index in [2.05, 4.69) is 36.6 Å². The van der Waals surface area contributed by atoms with E-state index in [1.54, 1.807) is 11.1 Å². The molecule has 1 N–H and O–H groups in total. The molecule has 1 saturated carbocycles. The van der Waals surface area contributed by atoms with E-state index in [4.69, 9.17) is 0 Å².